The minimum Gasteiger partial charge on any atom is -0.309 e. The number of hydrogen-bond acceptors (Lipinski definition) is 2. The molecule has 0 unspecified atom stereocenters. The largest absolute Gasteiger partial charge is 0.309 e. The van der Waals surface area contributed by atoms with Crippen molar-refractivity contribution < 1.29 is 0 Å². The van der Waals surface area contributed by atoms with Crippen molar-refractivity contribution >= 4 is 34.1 Å². The lowest BCUT2D eigenvalue weighted by molar-refractivity contribution is 0.660. The number of rotatable bonds is 8. The lowest BCUT2D eigenvalue weighted by atomic mass is 9.70. The Balaban J connectivity index is 1.03. The maximum Gasteiger partial charge on any atom is 0.0727 e. The van der Waals surface area contributed by atoms with Crippen LogP contribution in [0, 0.1) is 0 Å². The van der Waals surface area contributed by atoms with Crippen LogP contribution in [0.5, 0.6) is 0 Å². The summed E-state index contributed by atoms with van der Waals surface area (Å²) in [5.41, 5.74) is 31.4. The predicted octanol–water partition coefficient (Wildman–Crippen LogP) is 20.2. The van der Waals surface area contributed by atoms with Crippen molar-refractivity contribution in [2.75, 3.05) is 9.80 Å². The average Bonchev–Trinajstić information content (AvgIpc) is 2.71. The SMILES string of the molecule is CC1(C)c2ccccc2-c2ccc(N(c3ccccc3-c3ccccc3)c3cccc4c3-c3c(N(c5ccc6c(c5)Cc5ccccc5-6)c5ccccc5-c5ccccc5)cccc3C43c4ccccc4-c4ccccc43)cc21. The zero-order valence-electron chi connectivity index (χ0n) is 44.2. The lowest BCUT2D eigenvalue weighted by Gasteiger charge is -2.33. The lowest BCUT2D eigenvalue weighted by Crippen LogP contribution is -2.26. The first-order valence-electron chi connectivity index (χ1n) is 27.8. The first-order chi connectivity index (χ1) is 39.0. The molecule has 12 aromatic carbocycles. The molecule has 1 spiro atoms. The van der Waals surface area contributed by atoms with E-state index in [1.807, 2.05) is 0 Å². The third kappa shape index (κ3) is 6.52. The molecule has 4 aliphatic carbocycles. The highest BCUT2D eigenvalue weighted by Crippen LogP contribution is 2.67. The van der Waals surface area contributed by atoms with Crippen molar-refractivity contribution in [2.45, 2.75) is 31.1 Å². The van der Waals surface area contributed by atoms with Gasteiger partial charge in [-0.2, -0.15) is 0 Å². The van der Waals surface area contributed by atoms with E-state index < -0.39 is 5.41 Å². The van der Waals surface area contributed by atoms with Crippen LogP contribution in [-0.2, 0) is 17.3 Å². The molecule has 0 heterocycles. The summed E-state index contributed by atoms with van der Waals surface area (Å²) >= 11 is 0. The molecule has 0 atom stereocenters. The summed E-state index contributed by atoms with van der Waals surface area (Å²) in [4.78, 5) is 5.19. The summed E-state index contributed by atoms with van der Waals surface area (Å²) in [7, 11) is 0. The van der Waals surface area contributed by atoms with E-state index >= 15 is 0 Å². The van der Waals surface area contributed by atoms with E-state index in [0.717, 1.165) is 40.5 Å². The van der Waals surface area contributed by atoms with E-state index in [1.165, 1.54) is 111 Å². The van der Waals surface area contributed by atoms with Crippen molar-refractivity contribution in [3.63, 3.8) is 0 Å². The third-order valence-electron chi connectivity index (χ3n) is 17.9. The van der Waals surface area contributed by atoms with Crippen LogP contribution < -0.4 is 9.80 Å². The number of nitrogens with zero attached hydrogens (tertiary/aromatic N) is 2. The van der Waals surface area contributed by atoms with Gasteiger partial charge >= 0.3 is 0 Å². The second kappa shape index (κ2) is 17.4. The maximum atomic E-state index is 2.60. The number of hydrogen-bond donors (Lipinski definition) is 0. The molecule has 0 radical (unpaired) electrons. The maximum absolute atomic E-state index is 2.60. The minimum absolute atomic E-state index is 0.212. The van der Waals surface area contributed by atoms with Gasteiger partial charge in [0, 0.05) is 39.0 Å². The standard InChI is InChI=1S/C77H54N2/c1-76(2)64-34-16-11-31-60(64)63-46-44-55(49-69(63)76)79(71-40-20-15-30-59(71)51-25-7-4-8-26-51)73-42-22-38-68-75(73)74-67(77(68)65-35-17-12-32-61(65)62-33-13-18-36-66(62)77)37-21-41-72(74)78(70-39-19-14-29-58(70)50-23-5-3-6-24-50)54-43-45-57-53(48-54)47-52-27-9-10-28-56(52)57/h3-46,48-49H,47H2,1-2H3. The van der Waals surface area contributed by atoms with Gasteiger partial charge in [-0.05, 0) is 144 Å². The van der Waals surface area contributed by atoms with Crippen LogP contribution >= 0.6 is 0 Å². The average molecular weight is 1010 g/mol. The Bertz CT molecular complexity index is 4400. The van der Waals surface area contributed by atoms with E-state index in [1.54, 1.807) is 0 Å². The molecule has 79 heavy (non-hydrogen) atoms. The molecule has 2 heteroatoms. The fourth-order valence-corrected chi connectivity index (χ4v) is 14.5. The fraction of sp³-hybridized carbons (Fsp3) is 0.0649. The normalized spacial score (nSPS) is 13.8. The molecule has 0 saturated heterocycles. The van der Waals surface area contributed by atoms with Gasteiger partial charge in [-0.15, -0.1) is 0 Å². The second-order valence-corrected chi connectivity index (χ2v) is 22.3. The minimum atomic E-state index is -0.639. The Morgan fingerprint density at radius 1 is 0.266 bits per heavy atom. The summed E-state index contributed by atoms with van der Waals surface area (Å²) in [6, 6.07) is 105. The van der Waals surface area contributed by atoms with Crippen LogP contribution in [0.25, 0.3) is 66.8 Å². The zero-order chi connectivity index (χ0) is 52.4. The molecule has 4 aliphatic rings. The molecule has 0 amide bonds. The molecule has 16 rings (SSSR count). The van der Waals surface area contributed by atoms with E-state index in [0.29, 0.717) is 0 Å². The monoisotopic (exact) mass is 1010 g/mol. The number of anilines is 6. The van der Waals surface area contributed by atoms with E-state index in [-0.39, 0.29) is 5.41 Å². The summed E-state index contributed by atoms with van der Waals surface area (Å²) in [5.74, 6) is 0. The Morgan fingerprint density at radius 3 is 1.20 bits per heavy atom. The van der Waals surface area contributed by atoms with Gasteiger partial charge in [0.1, 0.15) is 0 Å². The van der Waals surface area contributed by atoms with Crippen molar-refractivity contribution in [3.8, 4) is 66.8 Å². The van der Waals surface area contributed by atoms with Gasteiger partial charge in [0.25, 0.3) is 0 Å². The van der Waals surface area contributed by atoms with Gasteiger partial charge in [-0.1, -0.05) is 244 Å². The summed E-state index contributed by atoms with van der Waals surface area (Å²) in [6.07, 6.45) is 0.891. The van der Waals surface area contributed by atoms with Gasteiger partial charge in [-0.3, -0.25) is 0 Å². The summed E-state index contributed by atoms with van der Waals surface area (Å²) in [5, 5.41) is 0. The summed E-state index contributed by atoms with van der Waals surface area (Å²) in [6.45, 7) is 4.79. The zero-order valence-corrected chi connectivity index (χ0v) is 44.2. The Labute approximate surface area is 462 Å². The predicted molar refractivity (Wildman–Crippen MR) is 329 cm³/mol. The van der Waals surface area contributed by atoms with Crippen molar-refractivity contribution in [2.24, 2.45) is 0 Å². The van der Waals surface area contributed by atoms with Crippen molar-refractivity contribution in [3.05, 3.63) is 324 Å². The highest BCUT2D eigenvalue weighted by Gasteiger charge is 2.54. The second-order valence-electron chi connectivity index (χ2n) is 22.3. The highest BCUT2D eigenvalue weighted by molar-refractivity contribution is 6.08. The third-order valence-corrected chi connectivity index (χ3v) is 17.9. The quantitative estimate of drug-likeness (QED) is 0.150. The smallest absolute Gasteiger partial charge is 0.0727 e. The van der Waals surface area contributed by atoms with Crippen molar-refractivity contribution in [1.29, 1.82) is 0 Å². The van der Waals surface area contributed by atoms with Crippen LogP contribution in [0.15, 0.2) is 279 Å². The van der Waals surface area contributed by atoms with Gasteiger partial charge in [0.15, 0.2) is 0 Å². The topological polar surface area (TPSA) is 6.48 Å². The van der Waals surface area contributed by atoms with Gasteiger partial charge in [-0.25, -0.2) is 0 Å². The van der Waals surface area contributed by atoms with Crippen LogP contribution in [-0.4, -0.2) is 0 Å². The molecule has 372 valence electrons. The highest BCUT2D eigenvalue weighted by atomic mass is 15.2. The molecule has 0 aromatic heterocycles. The number of para-hydroxylation sites is 2. The van der Waals surface area contributed by atoms with Crippen molar-refractivity contribution in [1.82, 2.24) is 0 Å². The van der Waals surface area contributed by atoms with Crippen LogP contribution in [0.3, 0.4) is 0 Å². The molecule has 12 aromatic rings. The fourth-order valence-electron chi connectivity index (χ4n) is 14.5. The van der Waals surface area contributed by atoms with Gasteiger partial charge < -0.3 is 9.80 Å². The number of fused-ring (bicyclic) bond motifs is 16. The number of benzene rings is 12. The first-order valence-corrected chi connectivity index (χ1v) is 27.8. The van der Waals surface area contributed by atoms with Crippen LogP contribution in [0.2, 0.25) is 0 Å². The Morgan fingerprint density at radius 2 is 0.646 bits per heavy atom. The molecule has 2 nitrogen and oxygen atoms in total. The molecule has 0 saturated carbocycles. The molecule has 0 aliphatic heterocycles. The molecule has 0 fully saturated rings. The molecule has 0 N–H and O–H groups in total. The van der Waals surface area contributed by atoms with E-state index in [2.05, 4.69) is 303 Å². The molecule has 0 bridgehead atoms. The van der Waals surface area contributed by atoms with Gasteiger partial charge in [0.05, 0.1) is 28.2 Å². The van der Waals surface area contributed by atoms with Crippen LogP contribution in [0.1, 0.15) is 58.4 Å². The molecular weight excluding hydrogens is 953 g/mol. The molecular formula is C77H54N2. The van der Waals surface area contributed by atoms with Gasteiger partial charge in [0.2, 0.25) is 0 Å². The first kappa shape index (κ1) is 45.4. The Kier molecular flexibility index (Phi) is 10.00. The van der Waals surface area contributed by atoms with Crippen LogP contribution in [0.4, 0.5) is 34.1 Å². The Hall–Kier alpha value is -9.76. The summed E-state index contributed by atoms with van der Waals surface area (Å²) < 4.78 is 0. The van der Waals surface area contributed by atoms with E-state index in [4.69, 9.17) is 0 Å². The van der Waals surface area contributed by atoms with E-state index in [9.17, 15) is 0 Å².